The molecule has 2 saturated heterocycles. The monoisotopic (exact) mass is 388 g/mol. The van der Waals surface area contributed by atoms with Gasteiger partial charge in [0.15, 0.2) is 5.79 Å². The summed E-state index contributed by atoms with van der Waals surface area (Å²) in [6.07, 6.45) is 2.98. The standard InChI is InChI=1S/C19H21ClN4O3/c1-13-10-14(20)2-3-15(13)23-18(25)16-11-17(22-12-21-16)24-6-4-19(5-7-24)26-8-9-27-19/h2-3,10-12H,4-9H2,1H3,(H,23,25). The van der Waals surface area contributed by atoms with Crippen LogP contribution in [0.25, 0.3) is 0 Å². The van der Waals surface area contributed by atoms with E-state index in [-0.39, 0.29) is 5.91 Å². The topological polar surface area (TPSA) is 76.6 Å². The highest BCUT2D eigenvalue weighted by Crippen LogP contribution is 2.32. The average Bonchev–Trinajstić information content (AvgIpc) is 3.12. The maximum absolute atomic E-state index is 12.6. The summed E-state index contributed by atoms with van der Waals surface area (Å²) in [6, 6.07) is 7.05. The number of nitrogens with one attached hydrogen (secondary N) is 1. The predicted octanol–water partition coefficient (Wildman–Crippen LogP) is 3.03. The molecule has 1 N–H and O–H groups in total. The molecule has 0 radical (unpaired) electrons. The summed E-state index contributed by atoms with van der Waals surface area (Å²) < 4.78 is 11.5. The van der Waals surface area contributed by atoms with Gasteiger partial charge in [0, 0.05) is 42.7 Å². The van der Waals surface area contributed by atoms with E-state index in [2.05, 4.69) is 20.2 Å². The second kappa shape index (κ2) is 7.42. The van der Waals surface area contributed by atoms with Crippen molar-refractivity contribution in [2.24, 2.45) is 0 Å². The van der Waals surface area contributed by atoms with Crippen molar-refractivity contribution in [3.63, 3.8) is 0 Å². The maximum atomic E-state index is 12.6. The van der Waals surface area contributed by atoms with E-state index in [4.69, 9.17) is 21.1 Å². The van der Waals surface area contributed by atoms with E-state index in [9.17, 15) is 4.79 Å². The molecule has 0 aliphatic carbocycles. The summed E-state index contributed by atoms with van der Waals surface area (Å²) in [6.45, 7) is 4.72. The zero-order chi connectivity index (χ0) is 18.9. The Balaban J connectivity index is 1.45. The van der Waals surface area contributed by atoms with Gasteiger partial charge in [0.2, 0.25) is 0 Å². The fourth-order valence-electron chi connectivity index (χ4n) is 3.46. The maximum Gasteiger partial charge on any atom is 0.274 e. The zero-order valence-corrected chi connectivity index (χ0v) is 15.8. The van der Waals surface area contributed by atoms with Crippen LogP contribution in [0.1, 0.15) is 28.9 Å². The Kier molecular flexibility index (Phi) is 4.99. The van der Waals surface area contributed by atoms with E-state index in [1.165, 1.54) is 6.33 Å². The van der Waals surface area contributed by atoms with E-state index in [0.29, 0.717) is 29.6 Å². The molecule has 8 heteroatoms. The molecule has 1 amide bonds. The van der Waals surface area contributed by atoms with Gasteiger partial charge in [0.05, 0.1) is 13.2 Å². The lowest BCUT2D eigenvalue weighted by Crippen LogP contribution is -2.45. The van der Waals surface area contributed by atoms with E-state index in [1.807, 2.05) is 6.92 Å². The predicted molar refractivity (Wildman–Crippen MR) is 102 cm³/mol. The molecule has 4 rings (SSSR count). The van der Waals surface area contributed by atoms with Gasteiger partial charge in [-0.15, -0.1) is 0 Å². The molecule has 0 saturated carbocycles. The number of nitrogens with zero attached hydrogens (tertiary/aromatic N) is 3. The Morgan fingerprint density at radius 2 is 1.93 bits per heavy atom. The van der Waals surface area contributed by atoms with Gasteiger partial charge in [-0.2, -0.15) is 0 Å². The molecular weight excluding hydrogens is 368 g/mol. The number of piperidine rings is 1. The molecule has 1 aromatic heterocycles. The van der Waals surface area contributed by atoms with Gasteiger partial charge in [-0.1, -0.05) is 11.6 Å². The number of rotatable bonds is 3. The SMILES string of the molecule is Cc1cc(Cl)ccc1NC(=O)c1cc(N2CCC3(CC2)OCCO3)ncn1. The fourth-order valence-corrected chi connectivity index (χ4v) is 3.69. The highest BCUT2D eigenvalue weighted by Gasteiger charge is 2.40. The van der Waals surface area contributed by atoms with Crippen LogP contribution in [0.15, 0.2) is 30.6 Å². The number of aromatic nitrogens is 2. The fraction of sp³-hybridized carbons (Fsp3) is 0.421. The van der Waals surface area contributed by atoms with E-state index >= 15 is 0 Å². The molecular formula is C19H21ClN4O3. The van der Waals surface area contributed by atoms with Gasteiger partial charge >= 0.3 is 0 Å². The number of anilines is 2. The van der Waals surface area contributed by atoms with Crippen molar-refractivity contribution in [3.8, 4) is 0 Å². The van der Waals surface area contributed by atoms with E-state index in [0.717, 1.165) is 37.3 Å². The first-order valence-corrected chi connectivity index (χ1v) is 9.35. The summed E-state index contributed by atoms with van der Waals surface area (Å²) in [5.74, 6) is 0.0198. The van der Waals surface area contributed by atoms with Crippen LogP contribution in [0.3, 0.4) is 0 Å². The van der Waals surface area contributed by atoms with Crippen LogP contribution in [0.5, 0.6) is 0 Å². The Bertz CT molecular complexity index is 845. The third-order valence-electron chi connectivity index (χ3n) is 4.98. The highest BCUT2D eigenvalue weighted by atomic mass is 35.5. The molecule has 2 aliphatic heterocycles. The first-order valence-electron chi connectivity index (χ1n) is 8.97. The average molecular weight is 389 g/mol. The largest absolute Gasteiger partial charge is 0.356 e. The molecule has 0 bridgehead atoms. The second-order valence-electron chi connectivity index (χ2n) is 6.77. The lowest BCUT2D eigenvalue weighted by Gasteiger charge is -2.38. The normalized spacial score (nSPS) is 18.7. The van der Waals surface area contributed by atoms with Crippen LogP contribution in [0, 0.1) is 6.92 Å². The number of amides is 1. The zero-order valence-electron chi connectivity index (χ0n) is 15.1. The molecule has 1 spiro atoms. The van der Waals surface area contributed by atoms with Crippen molar-refractivity contribution in [2.75, 3.05) is 36.5 Å². The lowest BCUT2D eigenvalue weighted by molar-refractivity contribution is -0.169. The van der Waals surface area contributed by atoms with Gasteiger partial charge in [-0.05, 0) is 30.7 Å². The number of halogens is 1. The number of ether oxygens (including phenoxy) is 2. The van der Waals surface area contributed by atoms with Crippen LogP contribution in [0.2, 0.25) is 5.02 Å². The van der Waals surface area contributed by atoms with Crippen molar-refractivity contribution >= 4 is 29.0 Å². The van der Waals surface area contributed by atoms with E-state index in [1.54, 1.807) is 24.3 Å². The number of aryl methyl sites for hydroxylation is 1. The molecule has 3 heterocycles. The number of hydrogen-bond donors (Lipinski definition) is 1. The van der Waals surface area contributed by atoms with Gasteiger partial charge in [-0.3, -0.25) is 4.79 Å². The van der Waals surface area contributed by atoms with Crippen LogP contribution in [-0.4, -0.2) is 48.0 Å². The van der Waals surface area contributed by atoms with Gasteiger partial charge in [0.1, 0.15) is 17.8 Å². The third kappa shape index (κ3) is 3.90. The smallest absolute Gasteiger partial charge is 0.274 e. The molecule has 0 unspecified atom stereocenters. The highest BCUT2D eigenvalue weighted by molar-refractivity contribution is 6.30. The number of hydrogen-bond acceptors (Lipinski definition) is 6. The van der Waals surface area contributed by atoms with Crippen LogP contribution in [-0.2, 0) is 9.47 Å². The minimum Gasteiger partial charge on any atom is -0.356 e. The number of carbonyl (C=O) groups is 1. The van der Waals surface area contributed by atoms with E-state index < -0.39 is 5.79 Å². The number of carbonyl (C=O) groups excluding carboxylic acids is 1. The Morgan fingerprint density at radius 3 is 2.63 bits per heavy atom. The first kappa shape index (κ1) is 18.2. The Hall–Kier alpha value is -2.22. The van der Waals surface area contributed by atoms with Crippen molar-refractivity contribution in [1.82, 2.24) is 9.97 Å². The first-order chi connectivity index (χ1) is 13.0. The minimum absolute atomic E-state index is 0.278. The summed E-state index contributed by atoms with van der Waals surface area (Å²) in [5.41, 5.74) is 1.92. The van der Waals surface area contributed by atoms with Crippen molar-refractivity contribution in [3.05, 3.63) is 46.9 Å². The lowest BCUT2D eigenvalue weighted by atomic mass is 10.0. The molecule has 2 aliphatic rings. The third-order valence-corrected chi connectivity index (χ3v) is 5.22. The second-order valence-corrected chi connectivity index (χ2v) is 7.21. The van der Waals surface area contributed by atoms with Gasteiger partial charge in [0.25, 0.3) is 5.91 Å². The van der Waals surface area contributed by atoms with Gasteiger partial charge < -0.3 is 19.7 Å². The quantitative estimate of drug-likeness (QED) is 0.870. The molecule has 2 aromatic rings. The van der Waals surface area contributed by atoms with Crippen molar-refractivity contribution < 1.29 is 14.3 Å². The Labute approximate surface area is 162 Å². The molecule has 0 atom stereocenters. The molecule has 2 fully saturated rings. The Morgan fingerprint density at radius 1 is 1.19 bits per heavy atom. The van der Waals surface area contributed by atoms with Crippen LogP contribution in [0.4, 0.5) is 11.5 Å². The molecule has 142 valence electrons. The summed E-state index contributed by atoms with van der Waals surface area (Å²) >= 11 is 5.97. The number of benzene rings is 1. The van der Waals surface area contributed by atoms with Gasteiger partial charge in [-0.25, -0.2) is 9.97 Å². The van der Waals surface area contributed by atoms with Crippen molar-refractivity contribution in [1.29, 1.82) is 0 Å². The van der Waals surface area contributed by atoms with Crippen LogP contribution >= 0.6 is 11.6 Å². The summed E-state index contributed by atoms with van der Waals surface area (Å²) in [4.78, 5) is 23.2. The molecule has 27 heavy (non-hydrogen) atoms. The van der Waals surface area contributed by atoms with Crippen molar-refractivity contribution in [2.45, 2.75) is 25.6 Å². The minimum atomic E-state index is -0.435. The molecule has 7 nitrogen and oxygen atoms in total. The molecule has 1 aromatic carbocycles. The van der Waals surface area contributed by atoms with Crippen LogP contribution < -0.4 is 10.2 Å². The summed E-state index contributed by atoms with van der Waals surface area (Å²) in [7, 11) is 0. The summed E-state index contributed by atoms with van der Waals surface area (Å²) in [5, 5.41) is 3.51.